The standard InChI is InChI=1S/C15H18N2OS/c1-18-9-10-5-2-3-6-11(10)14(16)15-17-12-7-4-8-13(12)19-15/h2-3,5-6,14H,4,7-9,16H2,1H3. The number of rotatable bonds is 4. The molecule has 2 aromatic rings. The summed E-state index contributed by atoms with van der Waals surface area (Å²) in [5.74, 6) is 0. The van der Waals surface area contributed by atoms with Crippen molar-refractivity contribution in [2.45, 2.75) is 31.9 Å². The van der Waals surface area contributed by atoms with Gasteiger partial charge in [-0.1, -0.05) is 24.3 Å². The lowest BCUT2D eigenvalue weighted by molar-refractivity contribution is 0.184. The van der Waals surface area contributed by atoms with Gasteiger partial charge in [0.1, 0.15) is 5.01 Å². The third-order valence-electron chi connectivity index (χ3n) is 3.57. The third kappa shape index (κ3) is 2.43. The third-order valence-corrected chi connectivity index (χ3v) is 4.81. The molecule has 1 aliphatic carbocycles. The molecule has 3 nitrogen and oxygen atoms in total. The Hall–Kier alpha value is -1.23. The van der Waals surface area contributed by atoms with Crippen molar-refractivity contribution in [1.82, 2.24) is 4.98 Å². The van der Waals surface area contributed by atoms with Gasteiger partial charge in [-0.3, -0.25) is 0 Å². The summed E-state index contributed by atoms with van der Waals surface area (Å²) in [6.45, 7) is 0.592. The van der Waals surface area contributed by atoms with E-state index in [4.69, 9.17) is 15.5 Å². The van der Waals surface area contributed by atoms with Gasteiger partial charge >= 0.3 is 0 Å². The molecule has 1 atom stereocenters. The van der Waals surface area contributed by atoms with E-state index in [1.54, 1.807) is 18.4 Å². The molecule has 0 fully saturated rings. The fourth-order valence-electron chi connectivity index (χ4n) is 2.60. The molecule has 0 amide bonds. The van der Waals surface area contributed by atoms with Gasteiger partial charge in [0.15, 0.2) is 0 Å². The van der Waals surface area contributed by atoms with Gasteiger partial charge in [0.25, 0.3) is 0 Å². The summed E-state index contributed by atoms with van der Waals surface area (Å²) in [4.78, 5) is 6.15. The number of hydrogen-bond acceptors (Lipinski definition) is 4. The Kier molecular flexibility index (Phi) is 3.64. The number of nitrogens with two attached hydrogens (primary N) is 1. The lowest BCUT2D eigenvalue weighted by Crippen LogP contribution is -2.14. The molecular formula is C15H18N2OS. The highest BCUT2D eigenvalue weighted by molar-refractivity contribution is 7.11. The fraction of sp³-hybridized carbons (Fsp3) is 0.400. The number of aryl methyl sites for hydroxylation is 2. The Morgan fingerprint density at radius 3 is 3.00 bits per heavy atom. The molecular weight excluding hydrogens is 256 g/mol. The summed E-state index contributed by atoms with van der Waals surface area (Å²) >= 11 is 1.77. The second kappa shape index (κ2) is 5.41. The molecule has 1 aromatic carbocycles. The maximum atomic E-state index is 6.40. The minimum Gasteiger partial charge on any atom is -0.380 e. The number of thiazole rings is 1. The normalized spacial score (nSPS) is 15.5. The first-order chi connectivity index (χ1) is 9.29. The molecule has 0 saturated carbocycles. The predicted molar refractivity (Wildman–Crippen MR) is 77.3 cm³/mol. The SMILES string of the molecule is COCc1ccccc1C(N)c1nc2c(s1)CCC2. The van der Waals surface area contributed by atoms with E-state index in [9.17, 15) is 0 Å². The number of ether oxygens (including phenoxy) is 1. The fourth-order valence-corrected chi connectivity index (χ4v) is 3.78. The first-order valence-electron chi connectivity index (χ1n) is 6.60. The van der Waals surface area contributed by atoms with Crippen molar-refractivity contribution in [1.29, 1.82) is 0 Å². The van der Waals surface area contributed by atoms with E-state index < -0.39 is 0 Å². The summed E-state index contributed by atoms with van der Waals surface area (Å²) in [5, 5.41) is 1.04. The van der Waals surface area contributed by atoms with Crippen LogP contribution in [-0.2, 0) is 24.2 Å². The summed E-state index contributed by atoms with van der Waals surface area (Å²) in [5.41, 5.74) is 9.93. The van der Waals surface area contributed by atoms with Crippen molar-refractivity contribution in [2.75, 3.05) is 7.11 Å². The van der Waals surface area contributed by atoms with Crippen LogP contribution in [0.15, 0.2) is 24.3 Å². The molecule has 2 N–H and O–H groups in total. The highest BCUT2D eigenvalue weighted by atomic mass is 32.1. The van der Waals surface area contributed by atoms with Crippen molar-refractivity contribution < 1.29 is 4.74 Å². The van der Waals surface area contributed by atoms with Crippen LogP contribution in [0.2, 0.25) is 0 Å². The van der Waals surface area contributed by atoms with Crippen LogP contribution in [-0.4, -0.2) is 12.1 Å². The number of hydrogen-bond donors (Lipinski definition) is 1. The summed E-state index contributed by atoms with van der Waals surface area (Å²) < 4.78 is 5.24. The van der Waals surface area contributed by atoms with Gasteiger partial charge in [-0.05, 0) is 30.4 Å². The van der Waals surface area contributed by atoms with Crippen LogP contribution in [0.1, 0.15) is 39.2 Å². The molecule has 1 aromatic heterocycles. The minimum atomic E-state index is -0.137. The first kappa shape index (κ1) is 12.8. The van der Waals surface area contributed by atoms with Crippen LogP contribution in [0.5, 0.6) is 0 Å². The number of fused-ring (bicyclic) bond motifs is 1. The zero-order valence-corrected chi connectivity index (χ0v) is 11.9. The van der Waals surface area contributed by atoms with E-state index in [-0.39, 0.29) is 6.04 Å². The molecule has 100 valence electrons. The molecule has 0 bridgehead atoms. The zero-order chi connectivity index (χ0) is 13.2. The van der Waals surface area contributed by atoms with Crippen LogP contribution in [0, 0.1) is 0 Å². The van der Waals surface area contributed by atoms with Crippen LogP contribution < -0.4 is 5.73 Å². The quantitative estimate of drug-likeness (QED) is 0.932. The zero-order valence-electron chi connectivity index (χ0n) is 11.1. The highest BCUT2D eigenvalue weighted by Crippen LogP contribution is 2.33. The highest BCUT2D eigenvalue weighted by Gasteiger charge is 2.22. The van der Waals surface area contributed by atoms with Crippen LogP contribution in [0.4, 0.5) is 0 Å². The molecule has 3 rings (SSSR count). The second-order valence-corrected chi connectivity index (χ2v) is 6.00. The van der Waals surface area contributed by atoms with Gasteiger partial charge in [0.2, 0.25) is 0 Å². The Balaban J connectivity index is 1.92. The Morgan fingerprint density at radius 2 is 2.21 bits per heavy atom. The van der Waals surface area contributed by atoms with Crippen molar-refractivity contribution in [3.63, 3.8) is 0 Å². The van der Waals surface area contributed by atoms with Crippen LogP contribution in [0.3, 0.4) is 0 Å². The average Bonchev–Trinajstić information content (AvgIpc) is 2.99. The van der Waals surface area contributed by atoms with E-state index in [0.717, 1.165) is 22.6 Å². The van der Waals surface area contributed by atoms with Crippen molar-refractivity contribution in [3.05, 3.63) is 51.0 Å². The van der Waals surface area contributed by atoms with Crippen LogP contribution in [0.25, 0.3) is 0 Å². The smallest absolute Gasteiger partial charge is 0.114 e. The van der Waals surface area contributed by atoms with Crippen molar-refractivity contribution in [3.8, 4) is 0 Å². The summed E-state index contributed by atoms with van der Waals surface area (Å²) in [6, 6.07) is 8.05. The maximum Gasteiger partial charge on any atom is 0.114 e. The summed E-state index contributed by atoms with van der Waals surface area (Å²) in [7, 11) is 1.71. The predicted octanol–water partition coefficient (Wildman–Crippen LogP) is 2.83. The Bertz CT molecular complexity index is 558. The number of nitrogens with zero attached hydrogens (tertiary/aromatic N) is 1. The van der Waals surface area contributed by atoms with Gasteiger partial charge in [0.05, 0.1) is 18.3 Å². The van der Waals surface area contributed by atoms with E-state index in [1.807, 2.05) is 12.1 Å². The molecule has 0 radical (unpaired) electrons. The molecule has 0 saturated heterocycles. The molecule has 4 heteroatoms. The monoisotopic (exact) mass is 274 g/mol. The van der Waals surface area contributed by atoms with Gasteiger partial charge in [0, 0.05) is 12.0 Å². The lowest BCUT2D eigenvalue weighted by Gasteiger charge is -2.14. The maximum absolute atomic E-state index is 6.40. The molecule has 19 heavy (non-hydrogen) atoms. The van der Waals surface area contributed by atoms with Gasteiger partial charge < -0.3 is 10.5 Å². The van der Waals surface area contributed by atoms with Gasteiger partial charge in [-0.2, -0.15) is 0 Å². The minimum absolute atomic E-state index is 0.137. The van der Waals surface area contributed by atoms with E-state index in [2.05, 4.69) is 12.1 Å². The molecule has 1 aliphatic rings. The van der Waals surface area contributed by atoms with Gasteiger partial charge in [-0.15, -0.1) is 11.3 Å². The topological polar surface area (TPSA) is 48.1 Å². The second-order valence-electron chi connectivity index (χ2n) is 4.89. The molecule has 1 heterocycles. The molecule has 0 spiro atoms. The van der Waals surface area contributed by atoms with Crippen LogP contribution >= 0.6 is 11.3 Å². The van der Waals surface area contributed by atoms with Crippen molar-refractivity contribution in [2.24, 2.45) is 5.73 Å². The number of aromatic nitrogens is 1. The first-order valence-corrected chi connectivity index (χ1v) is 7.42. The average molecular weight is 274 g/mol. The van der Waals surface area contributed by atoms with E-state index >= 15 is 0 Å². The molecule has 1 unspecified atom stereocenters. The largest absolute Gasteiger partial charge is 0.380 e. The van der Waals surface area contributed by atoms with E-state index in [0.29, 0.717) is 6.61 Å². The lowest BCUT2D eigenvalue weighted by atomic mass is 10.0. The van der Waals surface area contributed by atoms with E-state index in [1.165, 1.54) is 23.4 Å². The summed E-state index contributed by atoms with van der Waals surface area (Å²) in [6.07, 6.45) is 3.52. The number of methoxy groups -OCH3 is 1. The van der Waals surface area contributed by atoms with Crippen molar-refractivity contribution >= 4 is 11.3 Å². The molecule has 0 aliphatic heterocycles. The number of benzene rings is 1. The Labute approximate surface area is 117 Å². The van der Waals surface area contributed by atoms with Gasteiger partial charge in [-0.25, -0.2) is 4.98 Å². The Morgan fingerprint density at radius 1 is 1.37 bits per heavy atom.